The van der Waals surface area contributed by atoms with Gasteiger partial charge in [-0.15, -0.1) is 0 Å². The third-order valence-electron chi connectivity index (χ3n) is 5.42. The van der Waals surface area contributed by atoms with Crippen molar-refractivity contribution in [1.82, 2.24) is 15.3 Å². The van der Waals surface area contributed by atoms with E-state index in [1.165, 1.54) is 11.8 Å². The SMILES string of the molecule is NN1C(=O)[C@@H](C(=O)[C@H](Cc2ccccc2)NC(=O)OCc2ccccc2)[C@@H]1Sc1ccncc1. The Morgan fingerprint density at radius 1 is 1.00 bits per heavy atom. The third-order valence-corrected chi connectivity index (χ3v) is 6.71. The number of nitrogens with one attached hydrogen (secondary N) is 1. The lowest BCUT2D eigenvalue weighted by Crippen LogP contribution is -2.67. The first kappa shape index (κ1) is 23.5. The Balaban J connectivity index is 1.48. The van der Waals surface area contributed by atoms with Gasteiger partial charge in [0.15, 0.2) is 5.78 Å². The van der Waals surface area contributed by atoms with Crippen molar-refractivity contribution in [1.29, 1.82) is 0 Å². The number of nitrogens with zero attached hydrogens (tertiary/aromatic N) is 2. The average molecular weight is 477 g/mol. The molecule has 0 saturated carbocycles. The molecule has 3 aromatic rings. The highest BCUT2D eigenvalue weighted by atomic mass is 32.2. The van der Waals surface area contributed by atoms with Crippen LogP contribution in [0.1, 0.15) is 11.1 Å². The van der Waals surface area contributed by atoms with Crippen LogP contribution in [-0.4, -0.2) is 39.2 Å². The van der Waals surface area contributed by atoms with Crippen molar-refractivity contribution in [2.45, 2.75) is 29.3 Å². The summed E-state index contributed by atoms with van der Waals surface area (Å²) in [6.45, 7) is 0.0678. The van der Waals surface area contributed by atoms with E-state index in [0.29, 0.717) is 0 Å². The number of aromatic nitrogens is 1. The number of carbonyl (C=O) groups excluding carboxylic acids is 3. The predicted octanol–water partition coefficient (Wildman–Crippen LogP) is 2.94. The van der Waals surface area contributed by atoms with E-state index in [1.54, 1.807) is 24.5 Å². The second-order valence-electron chi connectivity index (χ2n) is 7.77. The molecule has 3 N–H and O–H groups in total. The number of alkyl carbamates (subject to hydrolysis) is 1. The number of Topliss-reactive ketones (excluding diaryl/α,β-unsaturated/α-hetero) is 1. The van der Waals surface area contributed by atoms with E-state index in [1.807, 2.05) is 60.7 Å². The van der Waals surface area contributed by atoms with Gasteiger partial charge >= 0.3 is 6.09 Å². The standard InChI is InChI=1S/C25H24N4O4S/c26-29-23(31)21(24(29)34-19-11-13-27-14-12-19)22(30)20(15-17-7-3-1-4-8-17)28-25(32)33-16-18-9-5-2-6-10-18/h1-14,20-21,24H,15-16,26H2,(H,28,32)/t20-,21+,24-/m0/s1. The minimum absolute atomic E-state index is 0.0678. The van der Waals surface area contributed by atoms with Crippen LogP contribution >= 0.6 is 11.8 Å². The molecule has 9 heteroatoms. The lowest BCUT2D eigenvalue weighted by atomic mass is 9.88. The minimum Gasteiger partial charge on any atom is -0.445 e. The molecule has 3 atom stereocenters. The largest absolute Gasteiger partial charge is 0.445 e. The highest BCUT2D eigenvalue weighted by Crippen LogP contribution is 2.38. The van der Waals surface area contributed by atoms with E-state index in [2.05, 4.69) is 10.3 Å². The molecule has 1 aliphatic rings. The van der Waals surface area contributed by atoms with Crippen LogP contribution in [0.4, 0.5) is 4.79 Å². The zero-order valence-electron chi connectivity index (χ0n) is 18.2. The van der Waals surface area contributed by atoms with Crippen LogP contribution in [0.15, 0.2) is 90.1 Å². The Morgan fingerprint density at radius 2 is 1.62 bits per heavy atom. The highest BCUT2D eigenvalue weighted by Gasteiger charge is 2.52. The molecule has 0 aliphatic carbocycles. The molecule has 8 nitrogen and oxygen atoms in total. The number of ketones is 1. The van der Waals surface area contributed by atoms with Gasteiger partial charge in [-0.1, -0.05) is 72.4 Å². The predicted molar refractivity (Wildman–Crippen MR) is 127 cm³/mol. The van der Waals surface area contributed by atoms with E-state index in [-0.39, 0.29) is 13.0 Å². The fourth-order valence-corrected chi connectivity index (χ4v) is 4.79. The number of hydrogen-bond donors (Lipinski definition) is 2. The van der Waals surface area contributed by atoms with Crippen LogP contribution in [0.3, 0.4) is 0 Å². The first-order valence-corrected chi connectivity index (χ1v) is 11.6. The summed E-state index contributed by atoms with van der Waals surface area (Å²) in [7, 11) is 0. The molecule has 4 rings (SSSR count). The van der Waals surface area contributed by atoms with Crippen LogP contribution in [0.2, 0.25) is 0 Å². The smallest absolute Gasteiger partial charge is 0.408 e. The zero-order chi connectivity index (χ0) is 23.9. The minimum atomic E-state index is -0.980. The number of benzene rings is 2. The molecule has 0 unspecified atom stereocenters. The average Bonchev–Trinajstić information content (AvgIpc) is 2.88. The second kappa shape index (κ2) is 11.0. The van der Waals surface area contributed by atoms with E-state index >= 15 is 0 Å². The summed E-state index contributed by atoms with van der Waals surface area (Å²) in [5.74, 6) is 4.03. The second-order valence-corrected chi connectivity index (χ2v) is 8.96. The molecule has 2 aromatic carbocycles. The molecule has 174 valence electrons. The van der Waals surface area contributed by atoms with Crippen LogP contribution in [0, 0.1) is 5.92 Å². The Bertz CT molecular complexity index is 1130. The Hall–Kier alpha value is -3.69. The normalized spacial score (nSPS) is 18.0. The zero-order valence-corrected chi connectivity index (χ0v) is 19.1. The van der Waals surface area contributed by atoms with Gasteiger partial charge in [-0.2, -0.15) is 0 Å². The molecule has 0 radical (unpaired) electrons. The molecule has 1 aromatic heterocycles. The number of amides is 2. The maximum Gasteiger partial charge on any atom is 0.408 e. The number of hydrogen-bond acceptors (Lipinski definition) is 7. The molecular formula is C25H24N4O4S. The number of carbonyl (C=O) groups is 3. The number of thioether (sulfide) groups is 1. The van der Waals surface area contributed by atoms with Crippen molar-refractivity contribution in [2.75, 3.05) is 0 Å². The van der Waals surface area contributed by atoms with Crippen molar-refractivity contribution in [3.8, 4) is 0 Å². The number of pyridine rings is 1. The fourth-order valence-electron chi connectivity index (χ4n) is 3.63. The van der Waals surface area contributed by atoms with Gasteiger partial charge in [-0.3, -0.25) is 19.6 Å². The Kier molecular flexibility index (Phi) is 7.56. The summed E-state index contributed by atoms with van der Waals surface area (Å²) in [6.07, 6.45) is 2.75. The van der Waals surface area contributed by atoms with E-state index in [0.717, 1.165) is 21.0 Å². The monoisotopic (exact) mass is 476 g/mol. The summed E-state index contributed by atoms with van der Waals surface area (Å²) in [5, 5.41) is 3.14. The number of hydrazine groups is 1. The summed E-state index contributed by atoms with van der Waals surface area (Å²) < 4.78 is 5.31. The molecule has 2 heterocycles. The van der Waals surface area contributed by atoms with E-state index < -0.39 is 35.1 Å². The van der Waals surface area contributed by atoms with E-state index in [9.17, 15) is 14.4 Å². The highest BCUT2D eigenvalue weighted by molar-refractivity contribution is 8.00. The molecule has 2 amide bonds. The first-order chi connectivity index (χ1) is 16.5. The number of nitrogens with two attached hydrogens (primary N) is 1. The summed E-state index contributed by atoms with van der Waals surface area (Å²) in [6, 6.07) is 21.1. The summed E-state index contributed by atoms with van der Waals surface area (Å²) in [5.41, 5.74) is 1.67. The maximum atomic E-state index is 13.5. The molecule has 1 saturated heterocycles. The van der Waals surface area contributed by atoms with Gasteiger partial charge in [-0.05, 0) is 29.7 Å². The Labute approximate surface area is 201 Å². The number of β-lactam (4-membered cyclic amide) rings is 1. The van der Waals surface area contributed by atoms with Crippen LogP contribution in [-0.2, 0) is 27.4 Å². The summed E-state index contributed by atoms with van der Waals surface area (Å²) in [4.78, 5) is 43.4. The fraction of sp³-hybridized carbons (Fsp3) is 0.200. The quantitative estimate of drug-likeness (QED) is 0.211. The van der Waals surface area contributed by atoms with Crippen LogP contribution in [0.25, 0.3) is 0 Å². The molecular weight excluding hydrogens is 452 g/mol. The third kappa shape index (κ3) is 5.62. The lowest BCUT2D eigenvalue weighted by molar-refractivity contribution is -0.156. The molecule has 0 bridgehead atoms. The number of rotatable bonds is 9. The van der Waals surface area contributed by atoms with Crippen molar-refractivity contribution in [3.63, 3.8) is 0 Å². The van der Waals surface area contributed by atoms with Gasteiger partial charge in [0.2, 0.25) is 0 Å². The molecule has 1 fully saturated rings. The topological polar surface area (TPSA) is 115 Å². The number of ether oxygens (including phenoxy) is 1. The lowest BCUT2D eigenvalue weighted by Gasteiger charge is -2.43. The van der Waals surface area contributed by atoms with Crippen molar-refractivity contribution < 1.29 is 19.1 Å². The van der Waals surface area contributed by atoms with Gasteiger partial charge in [0.05, 0.1) is 6.04 Å². The van der Waals surface area contributed by atoms with Gasteiger partial charge in [-0.25, -0.2) is 10.6 Å². The molecule has 34 heavy (non-hydrogen) atoms. The van der Waals surface area contributed by atoms with Gasteiger partial charge in [0.1, 0.15) is 17.9 Å². The van der Waals surface area contributed by atoms with Crippen molar-refractivity contribution in [3.05, 3.63) is 96.3 Å². The van der Waals surface area contributed by atoms with Crippen LogP contribution in [0.5, 0.6) is 0 Å². The maximum absolute atomic E-state index is 13.5. The first-order valence-electron chi connectivity index (χ1n) is 10.7. The van der Waals surface area contributed by atoms with Crippen molar-refractivity contribution >= 4 is 29.5 Å². The van der Waals surface area contributed by atoms with Gasteiger partial charge in [0.25, 0.3) is 5.91 Å². The van der Waals surface area contributed by atoms with Crippen molar-refractivity contribution in [2.24, 2.45) is 11.8 Å². The van der Waals surface area contributed by atoms with E-state index in [4.69, 9.17) is 10.6 Å². The molecule has 1 aliphatic heterocycles. The van der Waals surface area contributed by atoms with Crippen LogP contribution < -0.4 is 11.2 Å². The van der Waals surface area contributed by atoms with Gasteiger partial charge < -0.3 is 10.1 Å². The van der Waals surface area contributed by atoms with Gasteiger partial charge in [0, 0.05) is 17.3 Å². The Morgan fingerprint density at radius 3 is 2.26 bits per heavy atom. The molecule has 0 spiro atoms. The summed E-state index contributed by atoms with van der Waals surface area (Å²) >= 11 is 1.30.